The molecule has 6 heteroatoms. The minimum Gasteiger partial charge on any atom is -0.740 e. The second kappa shape index (κ2) is 4.46. The van der Waals surface area contributed by atoms with E-state index in [-0.39, 0.29) is 11.5 Å². The van der Waals surface area contributed by atoms with Gasteiger partial charge in [0.15, 0.2) is 16.7 Å². The van der Waals surface area contributed by atoms with Crippen molar-refractivity contribution in [2.45, 2.75) is 19.4 Å². The second-order valence-corrected chi connectivity index (χ2v) is 5.13. The Balaban J connectivity index is 2.28. The fourth-order valence-corrected chi connectivity index (χ4v) is 2.61. The zero-order valence-corrected chi connectivity index (χ0v) is 10.2. The molecule has 2 rings (SSSR count). The normalized spacial score (nSPS) is 20.5. The van der Waals surface area contributed by atoms with Crippen LogP contribution in [0.4, 0.5) is 0 Å². The van der Waals surface area contributed by atoms with Gasteiger partial charge in [0, 0.05) is 5.56 Å². The third kappa shape index (κ3) is 2.48. The lowest BCUT2D eigenvalue weighted by Crippen LogP contribution is -2.21. The van der Waals surface area contributed by atoms with Crippen molar-refractivity contribution >= 4 is 15.2 Å². The van der Waals surface area contributed by atoms with Gasteiger partial charge >= 0.3 is 5.04 Å². The Morgan fingerprint density at radius 1 is 1.41 bits per heavy atom. The Morgan fingerprint density at radius 2 is 2.06 bits per heavy atom. The van der Waals surface area contributed by atoms with Crippen LogP contribution in [0.5, 0.6) is 0 Å². The van der Waals surface area contributed by atoms with Gasteiger partial charge in [-0.25, -0.2) is 8.42 Å². The van der Waals surface area contributed by atoms with Crippen molar-refractivity contribution in [1.82, 2.24) is 0 Å². The molecule has 0 saturated heterocycles. The lowest BCUT2D eigenvalue weighted by molar-refractivity contribution is -0.785. The van der Waals surface area contributed by atoms with Crippen LogP contribution in [0.1, 0.15) is 25.0 Å². The van der Waals surface area contributed by atoms with Crippen LogP contribution in [0.25, 0.3) is 0 Å². The highest BCUT2D eigenvalue weighted by atomic mass is 32.2. The molecular weight excluding hydrogens is 242 g/mol. The van der Waals surface area contributed by atoms with Gasteiger partial charge in [0.25, 0.3) is 0 Å². The van der Waals surface area contributed by atoms with Crippen LogP contribution in [0.15, 0.2) is 30.3 Å². The summed E-state index contributed by atoms with van der Waals surface area (Å²) in [5.41, 5.74) is 0.865. The fraction of sp³-hybridized carbons (Fsp3) is 0.364. The van der Waals surface area contributed by atoms with E-state index >= 15 is 0 Å². The number of hydrogen-bond donors (Lipinski definition) is 0. The molecule has 0 fully saturated rings. The van der Waals surface area contributed by atoms with Crippen molar-refractivity contribution in [3.8, 4) is 0 Å². The van der Waals surface area contributed by atoms with Crippen molar-refractivity contribution in [2.75, 3.05) is 6.54 Å². The van der Waals surface area contributed by atoms with Gasteiger partial charge in [-0.1, -0.05) is 30.3 Å². The van der Waals surface area contributed by atoms with Gasteiger partial charge < -0.3 is 4.55 Å². The zero-order valence-electron chi connectivity index (χ0n) is 9.37. The van der Waals surface area contributed by atoms with Crippen LogP contribution in [0.2, 0.25) is 0 Å². The average molecular weight is 255 g/mol. The van der Waals surface area contributed by atoms with Crippen molar-refractivity contribution in [2.24, 2.45) is 0 Å². The molecule has 0 N–H and O–H groups in total. The summed E-state index contributed by atoms with van der Waals surface area (Å²) in [5.74, 6) is 0. The lowest BCUT2D eigenvalue weighted by atomic mass is 10.1. The molecule has 1 aliphatic rings. The molecule has 1 aromatic rings. The molecule has 0 bridgehead atoms. The van der Waals surface area contributed by atoms with Crippen molar-refractivity contribution in [1.29, 1.82) is 0 Å². The SMILES string of the molecule is CC[N+]1=C(S(=O)(=O)[O-])CC(c2ccccc2)O1. The van der Waals surface area contributed by atoms with E-state index in [0.717, 1.165) is 5.56 Å². The van der Waals surface area contributed by atoms with E-state index in [1.54, 1.807) is 6.92 Å². The smallest absolute Gasteiger partial charge is 0.309 e. The van der Waals surface area contributed by atoms with Gasteiger partial charge in [-0.05, 0) is 11.7 Å². The predicted molar refractivity (Wildman–Crippen MR) is 60.4 cm³/mol. The summed E-state index contributed by atoms with van der Waals surface area (Å²) in [4.78, 5) is 5.45. The first-order chi connectivity index (χ1) is 8.02. The van der Waals surface area contributed by atoms with Crippen molar-refractivity contribution < 1.29 is 22.5 Å². The molecule has 1 unspecified atom stereocenters. The first-order valence-corrected chi connectivity index (χ1v) is 6.74. The van der Waals surface area contributed by atoms with Crippen LogP contribution in [0.3, 0.4) is 0 Å². The van der Waals surface area contributed by atoms with E-state index in [2.05, 4.69) is 0 Å². The maximum absolute atomic E-state index is 11.1. The van der Waals surface area contributed by atoms with Crippen LogP contribution < -0.4 is 0 Å². The number of hydroxylamine groups is 1. The highest BCUT2D eigenvalue weighted by Gasteiger charge is 2.38. The molecule has 0 saturated carbocycles. The lowest BCUT2D eigenvalue weighted by Gasteiger charge is -2.05. The van der Waals surface area contributed by atoms with Crippen LogP contribution in [-0.4, -0.2) is 29.3 Å². The van der Waals surface area contributed by atoms with E-state index in [4.69, 9.17) is 4.84 Å². The molecule has 1 aromatic carbocycles. The third-order valence-corrected chi connectivity index (χ3v) is 3.59. The van der Waals surface area contributed by atoms with Crippen molar-refractivity contribution in [3.63, 3.8) is 0 Å². The van der Waals surface area contributed by atoms with Crippen LogP contribution >= 0.6 is 0 Å². The molecule has 92 valence electrons. The molecular formula is C11H13NO4S. The minimum atomic E-state index is -4.44. The summed E-state index contributed by atoms with van der Waals surface area (Å²) < 4.78 is 34.4. The summed E-state index contributed by atoms with van der Waals surface area (Å²) in [7, 11) is -4.44. The fourth-order valence-electron chi connectivity index (χ4n) is 1.83. The van der Waals surface area contributed by atoms with Gasteiger partial charge in [-0.2, -0.15) is 0 Å². The molecule has 0 amide bonds. The largest absolute Gasteiger partial charge is 0.740 e. The predicted octanol–water partition coefficient (Wildman–Crippen LogP) is 1.04. The van der Waals surface area contributed by atoms with E-state index < -0.39 is 16.2 Å². The molecule has 0 spiro atoms. The minimum absolute atomic E-state index is 0.101. The van der Waals surface area contributed by atoms with E-state index in [9.17, 15) is 13.0 Å². The number of rotatable bonds is 2. The van der Waals surface area contributed by atoms with Gasteiger partial charge in [0.2, 0.25) is 6.10 Å². The molecule has 0 radical (unpaired) electrons. The Kier molecular flexibility index (Phi) is 3.17. The molecule has 0 aromatic heterocycles. The summed E-state index contributed by atoms with van der Waals surface area (Å²) in [5, 5.41) is -0.186. The van der Waals surface area contributed by atoms with E-state index in [0.29, 0.717) is 6.54 Å². The van der Waals surface area contributed by atoms with Gasteiger partial charge in [0.1, 0.15) is 0 Å². The van der Waals surface area contributed by atoms with Crippen LogP contribution in [0, 0.1) is 0 Å². The quantitative estimate of drug-likeness (QED) is 0.585. The molecule has 1 aliphatic heterocycles. The summed E-state index contributed by atoms with van der Waals surface area (Å²) >= 11 is 0. The first kappa shape index (κ1) is 12.1. The third-order valence-electron chi connectivity index (χ3n) is 2.64. The highest BCUT2D eigenvalue weighted by molar-refractivity contribution is 8.01. The van der Waals surface area contributed by atoms with Gasteiger partial charge in [0.05, 0.1) is 6.42 Å². The molecule has 5 nitrogen and oxygen atoms in total. The Morgan fingerprint density at radius 3 is 2.53 bits per heavy atom. The monoisotopic (exact) mass is 255 g/mol. The summed E-state index contributed by atoms with van der Waals surface area (Å²) in [6.07, 6.45) is -0.293. The van der Waals surface area contributed by atoms with Gasteiger partial charge in [-0.3, -0.25) is 4.84 Å². The Hall–Kier alpha value is -1.40. The standard InChI is InChI=1S/C11H13NO4S/c1-2-12-11(17(13,14)15)8-10(16-12)9-6-4-3-5-7-9/h3-7,10H,2,8H2,1H3. The average Bonchev–Trinajstić information content (AvgIpc) is 2.74. The zero-order chi connectivity index (χ0) is 12.5. The maximum atomic E-state index is 11.1. The Bertz CT molecular complexity index is 536. The topological polar surface area (TPSA) is 69.4 Å². The van der Waals surface area contributed by atoms with E-state index in [1.807, 2.05) is 30.3 Å². The molecule has 17 heavy (non-hydrogen) atoms. The van der Waals surface area contributed by atoms with Crippen molar-refractivity contribution in [3.05, 3.63) is 35.9 Å². The number of nitrogens with zero attached hydrogens (tertiary/aromatic N) is 1. The first-order valence-electron chi connectivity index (χ1n) is 5.33. The molecule has 1 heterocycles. The summed E-state index contributed by atoms with van der Waals surface area (Å²) in [6.45, 7) is 2.07. The second-order valence-electron chi connectivity index (χ2n) is 3.75. The summed E-state index contributed by atoms with van der Waals surface area (Å²) in [6, 6.07) is 9.25. The molecule has 1 atom stereocenters. The maximum Gasteiger partial charge on any atom is 0.309 e. The number of benzene rings is 1. The van der Waals surface area contributed by atoms with E-state index in [1.165, 1.54) is 4.74 Å². The highest BCUT2D eigenvalue weighted by Crippen LogP contribution is 2.27. The Labute approximate surface area is 100 Å². The van der Waals surface area contributed by atoms with Crippen LogP contribution in [-0.2, 0) is 15.0 Å². The van der Waals surface area contributed by atoms with Gasteiger partial charge in [-0.15, -0.1) is 0 Å². The molecule has 0 aliphatic carbocycles. The number of hydrogen-bond acceptors (Lipinski definition) is 4.